The van der Waals surface area contributed by atoms with Crippen LogP contribution in [0.4, 0.5) is 0 Å². The Hall–Kier alpha value is -0.380. The zero-order valence-corrected chi connectivity index (χ0v) is 8.84. The average molecular weight is 242 g/mol. The van der Waals surface area contributed by atoms with Crippen LogP contribution in [0.25, 0.3) is 0 Å². The first-order valence-electron chi connectivity index (χ1n) is 4.44. The maximum absolute atomic E-state index is 9.15. The Labute approximate surface area is 86.1 Å². The number of aliphatic hydroxyl groups is 1. The summed E-state index contributed by atoms with van der Waals surface area (Å²) in [6.07, 6.45) is 1.05. The summed E-state index contributed by atoms with van der Waals surface area (Å²) < 4.78 is 1.08. The lowest BCUT2D eigenvalue weighted by molar-refractivity contribution is 0.240. The molecule has 2 N–H and O–H groups in total. The maximum atomic E-state index is 9.15. The molecule has 2 rings (SSSR count). The molecule has 0 radical (unpaired) electrons. The second-order valence-corrected chi connectivity index (χ2v) is 4.20. The standard InChI is InChI=1S/C10H12BrNO/c11-8-2-1-7-3-4-12-10(6-13)9(7)5-8/h1-2,5,10,12-13H,3-4,6H2. The van der Waals surface area contributed by atoms with Crippen molar-refractivity contribution in [2.75, 3.05) is 13.2 Å². The number of aliphatic hydroxyl groups excluding tert-OH is 1. The lowest BCUT2D eigenvalue weighted by atomic mass is 9.95. The van der Waals surface area contributed by atoms with Gasteiger partial charge in [-0.05, 0) is 36.2 Å². The largest absolute Gasteiger partial charge is 0.394 e. The molecular weight excluding hydrogens is 230 g/mol. The predicted octanol–water partition coefficient (Wildman–Crippen LogP) is 1.63. The van der Waals surface area contributed by atoms with Gasteiger partial charge in [0.2, 0.25) is 0 Å². The van der Waals surface area contributed by atoms with Crippen LogP contribution >= 0.6 is 15.9 Å². The van der Waals surface area contributed by atoms with Crippen LogP contribution in [0.5, 0.6) is 0 Å². The fraction of sp³-hybridized carbons (Fsp3) is 0.400. The Balaban J connectivity index is 2.41. The van der Waals surface area contributed by atoms with Crippen LogP contribution < -0.4 is 5.32 Å². The third-order valence-corrected chi connectivity index (χ3v) is 2.94. The van der Waals surface area contributed by atoms with Gasteiger partial charge >= 0.3 is 0 Å². The van der Waals surface area contributed by atoms with Crippen molar-refractivity contribution in [2.45, 2.75) is 12.5 Å². The van der Waals surface area contributed by atoms with Crippen molar-refractivity contribution in [3.05, 3.63) is 33.8 Å². The van der Waals surface area contributed by atoms with Crippen LogP contribution in [0.1, 0.15) is 17.2 Å². The molecule has 0 saturated heterocycles. The number of nitrogens with one attached hydrogen (secondary N) is 1. The summed E-state index contributed by atoms with van der Waals surface area (Å²) in [6.45, 7) is 1.13. The maximum Gasteiger partial charge on any atom is 0.0626 e. The molecule has 0 aliphatic carbocycles. The molecule has 0 fully saturated rings. The van der Waals surface area contributed by atoms with Gasteiger partial charge in [-0.3, -0.25) is 0 Å². The minimum atomic E-state index is 0.112. The van der Waals surface area contributed by atoms with Crippen molar-refractivity contribution in [3.8, 4) is 0 Å². The summed E-state index contributed by atoms with van der Waals surface area (Å²) in [4.78, 5) is 0. The minimum absolute atomic E-state index is 0.112. The fourth-order valence-corrected chi connectivity index (χ4v) is 2.15. The molecule has 0 aromatic heterocycles. The van der Waals surface area contributed by atoms with E-state index in [0.29, 0.717) is 0 Å². The Bertz CT molecular complexity index is 314. The van der Waals surface area contributed by atoms with Gasteiger partial charge in [0.15, 0.2) is 0 Å². The highest BCUT2D eigenvalue weighted by Crippen LogP contribution is 2.25. The third-order valence-electron chi connectivity index (χ3n) is 2.45. The molecule has 1 unspecified atom stereocenters. The van der Waals surface area contributed by atoms with Gasteiger partial charge in [-0.2, -0.15) is 0 Å². The monoisotopic (exact) mass is 241 g/mol. The van der Waals surface area contributed by atoms with Crippen molar-refractivity contribution in [1.82, 2.24) is 5.32 Å². The lowest BCUT2D eigenvalue weighted by Crippen LogP contribution is -2.31. The molecule has 1 aliphatic rings. The van der Waals surface area contributed by atoms with Gasteiger partial charge in [-0.25, -0.2) is 0 Å². The minimum Gasteiger partial charge on any atom is -0.394 e. The summed E-state index contributed by atoms with van der Waals surface area (Å²) >= 11 is 3.44. The van der Waals surface area contributed by atoms with E-state index in [1.807, 2.05) is 0 Å². The van der Waals surface area contributed by atoms with E-state index >= 15 is 0 Å². The van der Waals surface area contributed by atoms with Crippen LogP contribution in [0.3, 0.4) is 0 Å². The molecule has 0 bridgehead atoms. The lowest BCUT2D eigenvalue weighted by Gasteiger charge is -2.25. The molecule has 0 spiro atoms. The van der Waals surface area contributed by atoms with Crippen LogP contribution in [-0.4, -0.2) is 18.3 Å². The molecule has 1 aromatic rings. The second kappa shape index (κ2) is 3.78. The number of rotatable bonds is 1. The topological polar surface area (TPSA) is 32.3 Å². The van der Waals surface area contributed by atoms with Gasteiger partial charge in [0, 0.05) is 4.47 Å². The highest BCUT2D eigenvalue weighted by atomic mass is 79.9. The second-order valence-electron chi connectivity index (χ2n) is 3.28. The zero-order chi connectivity index (χ0) is 9.26. The zero-order valence-electron chi connectivity index (χ0n) is 7.26. The van der Waals surface area contributed by atoms with E-state index in [1.165, 1.54) is 11.1 Å². The SMILES string of the molecule is OCC1NCCc2ccc(Br)cc21. The van der Waals surface area contributed by atoms with Crippen LogP contribution in [0.15, 0.2) is 22.7 Å². The van der Waals surface area contributed by atoms with Crippen molar-refractivity contribution in [1.29, 1.82) is 0 Å². The van der Waals surface area contributed by atoms with Crippen LogP contribution in [-0.2, 0) is 6.42 Å². The Morgan fingerprint density at radius 1 is 1.54 bits per heavy atom. The summed E-state index contributed by atoms with van der Waals surface area (Å²) in [7, 11) is 0. The number of benzene rings is 1. The number of hydrogen-bond acceptors (Lipinski definition) is 2. The summed E-state index contributed by atoms with van der Waals surface area (Å²) in [6, 6.07) is 6.38. The van der Waals surface area contributed by atoms with E-state index in [4.69, 9.17) is 5.11 Å². The molecule has 3 heteroatoms. The van der Waals surface area contributed by atoms with E-state index < -0.39 is 0 Å². The van der Waals surface area contributed by atoms with Crippen LogP contribution in [0.2, 0.25) is 0 Å². The highest BCUT2D eigenvalue weighted by molar-refractivity contribution is 9.10. The first-order chi connectivity index (χ1) is 6.31. The number of hydrogen-bond donors (Lipinski definition) is 2. The summed E-state index contributed by atoms with van der Waals surface area (Å²) in [5, 5.41) is 12.4. The van der Waals surface area contributed by atoms with Crippen LogP contribution in [0, 0.1) is 0 Å². The summed E-state index contributed by atoms with van der Waals surface area (Å²) in [5.74, 6) is 0. The smallest absolute Gasteiger partial charge is 0.0626 e. The molecule has 70 valence electrons. The molecule has 1 aliphatic heterocycles. The normalized spacial score (nSPS) is 21.2. The quantitative estimate of drug-likeness (QED) is 0.784. The third kappa shape index (κ3) is 1.77. The van der Waals surface area contributed by atoms with Crippen molar-refractivity contribution >= 4 is 15.9 Å². The molecule has 1 aromatic carbocycles. The summed E-state index contributed by atoms with van der Waals surface area (Å²) in [5.41, 5.74) is 2.57. The van der Waals surface area contributed by atoms with Crippen molar-refractivity contribution < 1.29 is 5.11 Å². The van der Waals surface area contributed by atoms with E-state index in [-0.39, 0.29) is 12.6 Å². The van der Waals surface area contributed by atoms with Gasteiger partial charge in [0.1, 0.15) is 0 Å². The molecule has 0 saturated carbocycles. The van der Waals surface area contributed by atoms with E-state index in [2.05, 4.69) is 39.4 Å². The van der Waals surface area contributed by atoms with E-state index in [0.717, 1.165) is 17.4 Å². The predicted molar refractivity (Wildman–Crippen MR) is 55.7 cm³/mol. The molecular formula is C10H12BrNO. The first kappa shape index (κ1) is 9.19. The molecule has 1 heterocycles. The Kier molecular flexibility index (Phi) is 2.67. The van der Waals surface area contributed by atoms with Gasteiger partial charge in [0.05, 0.1) is 12.6 Å². The molecule has 1 atom stereocenters. The van der Waals surface area contributed by atoms with Gasteiger partial charge < -0.3 is 10.4 Å². The molecule has 2 nitrogen and oxygen atoms in total. The van der Waals surface area contributed by atoms with Gasteiger partial charge in [0.25, 0.3) is 0 Å². The van der Waals surface area contributed by atoms with E-state index in [1.54, 1.807) is 0 Å². The highest BCUT2D eigenvalue weighted by Gasteiger charge is 2.18. The average Bonchev–Trinajstić information content (AvgIpc) is 2.17. The molecule has 13 heavy (non-hydrogen) atoms. The van der Waals surface area contributed by atoms with Crippen molar-refractivity contribution in [2.24, 2.45) is 0 Å². The number of fused-ring (bicyclic) bond motifs is 1. The van der Waals surface area contributed by atoms with Gasteiger partial charge in [-0.1, -0.05) is 22.0 Å². The Morgan fingerprint density at radius 2 is 2.38 bits per heavy atom. The fourth-order valence-electron chi connectivity index (χ4n) is 1.77. The molecule has 0 amide bonds. The van der Waals surface area contributed by atoms with E-state index in [9.17, 15) is 0 Å². The van der Waals surface area contributed by atoms with Crippen molar-refractivity contribution in [3.63, 3.8) is 0 Å². The number of halogens is 1. The Morgan fingerprint density at radius 3 is 3.15 bits per heavy atom. The van der Waals surface area contributed by atoms with Gasteiger partial charge in [-0.15, -0.1) is 0 Å². The first-order valence-corrected chi connectivity index (χ1v) is 5.23.